The summed E-state index contributed by atoms with van der Waals surface area (Å²) in [5.41, 5.74) is 0.808. The zero-order valence-corrected chi connectivity index (χ0v) is 24.1. The average molecular weight is 572 g/mol. The van der Waals surface area contributed by atoms with Crippen molar-refractivity contribution in [1.82, 2.24) is 25.9 Å². The minimum absolute atomic E-state index is 0.0946. The number of hydrogen-bond acceptors (Lipinski definition) is 7. The van der Waals surface area contributed by atoms with Gasteiger partial charge in [0.1, 0.15) is 17.3 Å². The Kier molecular flexibility index (Phi) is 10.1. The van der Waals surface area contributed by atoms with Gasteiger partial charge in [0.05, 0.1) is 31.3 Å². The Hall–Kier alpha value is -4.44. The Bertz CT molecular complexity index is 1360. The maximum absolute atomic E-state index is 13.6. The minimum Gasteiger partial charge on any atom is -0.361 e. The molecule has 220 valence electrons. The quantitative estimate of drug-likeness (QED) is 0.253. The van der Waals surface area contributed by atoms with E-state index in [0.717, 1.165) is 5.56 Å². The first-order valence-corrected chi connectivity index (χ1v) is 14.1. The third-order valence-corrected chi connectivity index (χ3v) is 7.07. The first kappa shape index (κ1) is 30.5. The molecule has 42 heavy (non-hydrogen) atoms. The Morgan fingerprint density at radius 1 is 0.905 bits per heavy atom. The van der Waals surface area contributed by atoms with Gasteiger partial charge in [-0.15, -0.1) is 0 Å². The van der Waals surface area contributed by atoms with Crippen LogP contribution >= 0.6 is 0 Å². The molecule has 1 aromatic heterocycles. The second-order valence-corrected chi connectivity index (χ2v) is 11.1. The summed E-state index contributed by atoms with van der Waals surface area (Å²) in [6.45, 7) is 5.93. The van der Waals surface area contributed by atoms with Crippen LogP contribution in [0.25, 0.3) is 0 Å². The van der Waals surface area contributed by atoms with Crippen LogP contribution in [-0.4, -0.2) is 57.8 Å². The highest BCUT2D eigenvalue weighted by Gasteiger charge is 2.50. The SMILES string of the molecule is CC(C)C[C@H](NC(=O)c1cnccn1)C(=O)NC(CC(=O)N[C@@H](Cc1ccccc1)C(=O)[C@@]1(C)CO1)c1ccccc1. The van der Waals surface area contributed by atoms with Crippen LogP contribution in [0.1, 0.15) is 61.3 Å². The maximum Gasteiger partial charge on any atom is 0.272 e. The lowest BCUT2D eigenvalue weighted by Crippen LogP contribution is -2.50. The van der Waals surface area contributed by atoms with Gasteiger partial charge in [-0.25, -0.2) is 4.98 Å². The molecule has 2 heterocycles. The number of nitrogens with one attached hydrogen (secondary N) is 3. The molecule has 0 bridgehead atoms. The summed E-state index contributed by atoms with van der Waals surface area (Å²) in [5.74, 6) is -1.44. The molecule has 1 unspecified atom stereocenters. The van der Waals surface area contributed by atoms with Crippen molar-refractivity contribution in [3.63, 3.8) is 0 Å². The predicted octanol–water partition coefficient (Wildman–Crippen LogP) is 2.95. The van der Waals surface area contributed by atoms with E-state index >= 15 is 0 Å². The number of epoxide rings is 1. The van der Waals surface area contributed by atoms with Crippen molar-refractivity contribution >= 4 is 23.5 Å². The van der Waals surface area contributed by atoms with E-state index in [2.05, 4.69) is 25.9 Å². The number of rotatable bonds is 14. The van der Waals surface area contributed by atoms with Gasteiger partial charge in [-0.2, -0.15) is 0 Å². The van der Waals surface area contributed by atoms with E-state index in [9.17, 15) is 19.2 Å². The van der Waals surface area contributed by atoms with Crippen molar-refractivity contribution in [1.29, 1.82) is 0 Å². The molecule has 3 amide bonds. The number of carbonyl (C=O) groups excluding carboxylic acids is 4. The number of Topliss-reactive ketones (excluding diaryl/α,β-unsaturated/α-hetero) is 1. The van der Waals surface area contributed by atoms with Crippen molar-refractivity contribution < 1.29 is 23.9 Å². The Morgan fingerprint density at radius 2 is 1.57 bits per heavy atom. The smallest absolute Gasteiger partial charge is 0.272 e. The summed E-state index contributed by atoms with van der Waals surface area (Å²) in [6.07, 6.45) is 4.77. The lowest BCUT2D eigenvalue weighted by atomic mass is 9.94. The van der Waals surface area contributed by atoms with E-state index in [1.807, 2.05) is 74.5 Å². The van der Waals surface area contributed by atoms with E-state index in [0.29, 0.717) is 25.0 Å². The van der Waals surface area contributed by atoms with E-state index in [1.54, 1.807) is 6.92 Å². The van der Waals surface area contributed by atoms with E-state index < -0.39 is 41.4 Å². The summed E-state index contributed by atoms with van der Waals surface area (Å²) in [6, 6.07) is 16.2. The van der Waals surface area contributed by atoms with Crippen LogP contribution in [0.3, 0.4) is 0 Å². The van der Waals surface area contributed by atoms with Crippen molar-refractivity contribution in [2.45, 2.75) is 63.8 Å². The standard InChI is InChI=1S/C32H37N5O5/c1-21(2)16-26(37-31(41)27-19-33-14-15-34-27)30(40)36-24(23-12-8-5-9-13-23)18-28(38)35-25(29(39)32(3)20-42-32)17-22-10-6-4-7-11-22/h4-15,19,21,24-26H,16-18,20H2,1-3H3,(H,35,38)(H,36,40)(H,37,41)/t24?,25-,26-,32+/m0/s1. The van der Waals surface area contributed by atoms with Gasteiger partial charge in [0.2, 0.25) is 11.8 Å². The first-order valence-electron chi connectivity index (χ1n) is 14.1. The number of ketones is 1. The van der Waals surface area contributed by atoms with Crippen LogP contribution in [0.5, 0.6) is 0 Å². The Morgan fingerprint density at radius 3 is 2.17 bits per heavy atom. The number of carbonyl (C=O) groups is 4. The maximum atomic E-state index is 13.6. The van der Waals surface area contributed by atoms with Gasteiger partial charge in [-0.05, 0) is 36.8 Å². The van der Waals surface area contributed by atoms with Crippen molar-refractivity contribution in [3.8, 4) is 0 Å². The fourth-order valence-corrected chi connectivity index (χ4v) is 4.68. The fourth-order valence-electron chi connectivity index (χ4n) is 4.68. The summed E-state index contributed by atoms with van der Waals surface area (Å²) < 4.78 is 5.38. The van der Waals surface area contributed by atoms with Crippen LogP contribution in [-0.2, 0) is 25.5 Å². The largest absolute Gasteiger partial charge is 0.361 e. The molecule has 0 saturated carbocycles. The summed E-state index contributed by atoms with van der Waals surface area (Å²) in [4.78, 5) is 61.0. The number of amides is 3. The van der Waals surface area contributed by atoms with Gasteiger partial charge in [0.25, 0.3) is 5.91 Å². The molecule has 10 nitrogen and oxygen atoms in total. The lowest BCUT2D eigenvalue weighted by molar-refractivity contribution is -0.131. The number of hydrogen-bond donors (Lipinski definition) is 3. The molecule has 10 heteroatoms. The van der Waals surface area contributed by atoms with Gasteiger partial charge in [0, 0.05) is 12.4 Å². The third-order valence-electron chi connectivity index (χ3n) is 7.07. The molecule has 0 spiro atoms. The molecular formula is C32H37N5O5. The van der Waals surface area contributed by atoms with Crippen LogP contribution < -0.4 is 16.0 Å². The molecular weight excluding hydrogens is 534 g/mol. The van der Waals surface area contributed by atoms with Gasteiger partial charge in [-0.1, -0.05) is 74.5 Å². The summed E-state index contributed by atoms with van der Waals surface area (Å²) >= 11 is 0. The van der Waals surface area contributed by atoms with Crippen LogP contribution in [0.4, 0.5) is 0 Å². The van der Waals surface area contributed by atoms with Gasteiger partial charge in [0.15, 0.2) is 5.78 Å². The van der Waals surface area contributed by atoms with Crippen LogP contribution in [0, 0.1) is 5.92 Å². The third kappa shape index (κ3) is 8.53. The second kappa shape index (κ2) is 14.0. The zero-order chi connectivity index (χ0) is 30.1. The molecule has 4 rings (SSSR count). The van der Waals surface area contributed by atoms with E-state index in [-0.39, 0.29) is 23.8 Å². The molecule has 0 aliphatic carbocycles. The molecule has 4 atom stereocenters. The Balaban J connectivity index is 1.50. The van der Waals surface area contributed by atoms with Crippen LogP contribution in [0.2, 0.25) is 0 Å². The normalized spacial score (nSPS) is 17.9. The molecule has 1 fully saturated rings. The monoisotopic (exact) mass is 571 g/mol. The minimum atomic E-state index is -0.912. The average Bonchev–Trinajstić information content (AvgIpc) is 3.75. The summed E-state index contributed by atoms with van der Waals surface area (Å²) in [5, 5.41) is 8.62. The van der Waals surface area contributed by atoms with Gasteiger partial charge < -0.3 is 20.7 Å². The molecule has 1 saturated heterocycles. The second-order valence-electron chi connectivity index (χ2n) is 11.1. The molecule has 0 radical (unpaired) electrons. The topological polar surface area (TPSA) is 143 Å². The van der Waals surface area contributed by atoms with E-state index in [4.69, 9.17) is 4.74 Å². The van der Waals surface area contributed by atoms with Crippen molar-refractivity contribution in [2.24, 2.45) is 5.92 Å². The van der Waals surface area contributed by atoms with Gasteiger partial charge in [-0.3, -0.25) is 24.2 Å². The molecule has 3 aromatic rings. The zero-order valence-electron chi connectivity index (χ0n) is 24.1. The summed E-state index contributed by atoms with van der Waals surface area (Å²) in [7, 11) is 0. The molecule has 2 aromatic carbocycles. The van der Waals surface area contributed by atoms with Crippen LogP contribution in [0.15, 0.2) is 79.3 Å². The Labute approximate surface area is 245 Å². The van der Waals surface area contributed by atoms with Crippen molar-refractivity contribution in [2.75, 3.05) is 6.61 Å². The highest BCUT2D eigenvalue weighted by molar-refractivity contribution is 5.97. The van der Waals surface area contributed by atoms with Crippen molar-refractivity contribution in [3.05, 3.63) is 96.1 Å². The molecule has 1 aliphatic rings. The molecule has 1 aliphatic heterocycles. The highest BCUT2D eigenvalue weighted by Crippen LogP contribution is 2.29. The highest BCUT2D eigenvalue weighted by atomic mass is 16.6. The number of aromatic nitrogens is 2. The number of benzene rings is 2. The number of nitrogens with zero attached hydrogens (tertiary/aromatic N) is 2. The number of ether oxygens (including phenoxy) is 1. The lowest BCUT2D eigenvalue weighted by Gasteiger charge is -2.26. The fraction of sp³-hybridized carbons (Fsp3) is 0.375. The first-order chi connectivity index (χ1) is 20.1. The van der Waals surface area contributed by atoms with Gasteiger partial charge >= 0.3 is 0 Å². The predicted molar refractivity (Wildman–Crippen MR) is 156 cm³/mol. The molecule has 3 N–H and O–H groups in total. The van der Waals surface area contributed by atoms with E-state index in [1.165, 1.54) is 18.6 Å².